The van der Waals surface area contributed by atoms with E-state index in [2.05, 4.69) is 19.2 Å². The van der Waals surface area contributed by atoms with Crippen LogP contribution in [0.15, 0.2) is 55.6 Å². The predicted molar refractivity (Wildman–Crippen MR) is 145 cm³/mol. The Morgan fingerprint density at radius 2 is 1.43 bits per heavy atom. The molecule has 3 unspecified atom stereocenters. The minimum Gasteiger partial charge on any atom is -0.508 e. The summed E-state index contributed by atoms with van der Waals surface area (Å²) in [4.78, 5) is 34.5. The van der Waals surface area contributed by atoms with E-state index in [1.165, 1.54) is 12.5 Å². The van der Waals surface area contributed by atoms with Crippen LogP contribution in [0.25, 0.3) is 12.2 Å². The van der Waals surface area contributed by atoms with Gasteiger partial charge in [0.05, 0.1) is 11.9 Å². The second-order valence-electron chi connectivity index (χ2n) is 8.58. The molecule has 0 heterocycles. The van der Waals surface area contributed by atoms with Gasteiger partial charge in [0.15, 0.2) is 5.12 Å². The van der Waals surface area contributed by atoms with E-state index in [0.29, 0.717) is 6.42 Å². The highest BCUT2D eigenvalue weighted by atomic mass is 32.2. The number of carbonyl (C=O) groups is 3. The number of aromatic hydroxyl groups is 1. The van der Waals surface area contributed by atoms with E-state index >= 15 is 0 Å². The van der Waals surface area contributed by atoms with Crippen molar-refractivity contribution in [1.82, 2.24) is 0 Å². The van der Waals surface area contributed by atoms with Gasteiger partial charge in [-0.2, -0.15) is 0 Å². The molecule has 2 aromatic carbocycles. The minimum absolute atomic E-state index is 0.0726. The summed E-state index contributed by atoms with van der Waals surface area (Å²) in [5.41, 5.74) is 4.20. The highest BCUT2D eigenvalue weighted by molar-refractivity contribution is 8.14. The predicted octanol–water partition coefficient (Wildman–Crippen LogP) is 5.52. The Bertz CT molecular complexity index is 1030. The number of ketones is 2. The second kappa shape index (κ2) is 15.1. The van der Waals surface area contributed by atoms with Crippen LogP contribution in [-0.4, -0.2) is 38.8 Å². The van der Waals surface area contributed by atoms with Gasteiger partial charge in [-0.05, 0) is 61.1 Å². The van der Waals surface area contributed by atoms with Crippen molar-refractivity contribution in [2.24, 2.45) is 11.8 Å². The molecule has 3 atom stereocenters. The fourth-order valence-electron chi connectivity index (χ4n) is 3.06. The molecule has 0 aliphatic rings. The number of hydrogen-bond donors (Lipinski definition) is 2. The van der Waals surface area contributed by atoms with E-state index in [4.69, 9.17) is 5.11 Å². The van der Waals surface area contributed by atoms with Gasteiger partial charge in [-0.25, -0.2) is 0 Å². The first-order valence-corrected chi connectivity index (χ1v) is 12.4. The van der Waals surface area contributed by atoms with Gasteiger partial charge in [-0.1, -0.05) is 81.3 Å². The third-order valence-corrected chi connectivity index (χ3v) is 6.99. The molecule has 188 valence electrons. The van der Waals surface area contributed by atoms with Crippen LogP contribution in [0.4, 0.5) is 0 Å². The summed E-state index contributed by atoms with van der Waals surface area (Å²) in [6, 6.07) is 12.7. The van der Waals surface area contributed by atoms with Crippen LogP contribution >= 0.6 is 11.8 Å². The highest BCUT2D eigenvalue weighted by Crippen LogP contribution is 2.23. The lowest BCUT2D eigenvalue weighted by Crippen LogP contribution is -2.22. The summed E-state index contributed by atoms with van der Waals surface area (Å²) in [6.45, 7) is 14.0. The number of Topliss-reactive ketones (excluding diaryl/α,β-unsaturated/α-hetero) is 2. The Labute approximate surface area is 213 Å². The van der Waals surface area contributed by atoms with Gasteiger partial charge in [0.2, 0.25) is 0 Å². The Morgan fingerprint density at radius 1 is 0.857 bits per heavy atom. The van der Waals surface area contributed by atoms with E-state index in [-0.39, 0.29) is 35.0 Å². The summed E-state index contributed by atoms with van der Waals surface area (Å²) in [5, 5.41) is 17.5. The lowest BCUT2D eigenvalue weighted by atomic mass is 9.95. The molecule has 2 N–H and O–H groups in total. The average molecular weight is 497 g/mol. The average Bonchev–Trinajstić information content (AvgIpc) is 2.84. The molecule has 0 saturated heterocycles. The van der Waals surface area contributed by atoms with Crippen molar-refractivity contribution in [1.29, 1.82) is 0 Å². The summed E-state index contributed by atoms with van der Waals surface area (Å²) >= 11 is 0.974. The maximum atomic E-state index is 11.7. The van der Waals surface area contributed by atoms with Crippen LogP contribution < -0.4 is 0 Å². The van der Waals surface area contributed by atoms with E-state index < -0.39 is 11.2 Å². The van der Waals surface area contributed by atoms with Crippen molar-refractivity contribution in [3.8, 4) is 5.75 Å². The second-order valence-corrected chi connectivity index (χ2v) is 9.78. The van der Waals surface area contributed by atoms with Crippen molar-refractivity contribution < 1.29 is 24.6 Å². The van der Waals surface area contributed by atoms with Crippen LogP contribution in [0.1, 0.15) is 49.9 Å². The summed E-state index contributed by atoms with van der Waals surface area (Å²) < 4.78 is 0. The van der Waals surface area contributed by atoms with Crippen LogP contribution in [-0.2, 0) is 27.2 Å². The minimum atomic E-state index is -0.466. The monoisotopic (exact) mass is 496 g/mol. The zero-order valence-corrected chi connectivity index (χ0v) is 21.8. The zero-order chi connectivity index (χ0) is 26.5. The third kappa shape index (κ3) is 10.5. The molecule has 2 rings (SSSR count). The molecule has 0 spiro atoms. The van der Waals surface area contributed by atoms with Crippen LogP contribution in [0.2, 0.25) is 0 Å². The molecular weight excluding hydrogens is 460 g/mol. The van der Waals surface area contributed by atoms with Crippen molar-refractivity contribution in [3.63, 3.8) is 0 Å². The van der Waals surface area contributed by atoms with E-state index in [1.807, 2.05) is 31.2 Å². The molecular formula is C29H36O5S. The highest BCUT2D eigenvalue weighted by Gasteiger charge is 2.23. The number of hydrogen-bond acceptors (Lipinski definition) is 6. The van der Waals surface area contributed by atoms with Gasteiger partial charge in [0.25, 0.3) is 0 Å². The van der Waals surface area contributed by atoms with Gasteiger partial charge in [0, 0.05) is 11.8 Å². The number of aliphatic hydroxyl groups excluding tert-OH is 1. The number of benzene rings is 2. The normalized spacial score (nSPS) is 12.9. The van der Waals surface area contributed by atoms with Gasteiger partial charge < -0.3 is 10.2 Å². The number of rotatable bonds is 11. The Balaban J connectivity index is 0.000000355. The molecule has 0 fully saturated rings. The fourth-order valence-corrected chi connectivity index (χ4v) is 4.09. The Kier molecular flexibility index (Phi) is 13.0. The molecule has 0 aliphatic heterocycles. The van der Waals surface area contributed by atoms with E-state index in [1.54, 1.807) is 38.1 Å². The first-order valence-electron chi connectivity index (χ1n) is 11.5. The SMILES string of the molecule is C=Cc1ccc(CC(C)C(C)=O)cc1C=C.CC(=O)C(Cc1ccc(O)cc1)SC(=O)C(C)CO. The number of thioether (sulfide) groups is 1. The zero-order valence-electron chi connectivity index (χ0n) is 21.0. The number of phenols is 1. The molecule has 0 aromatic heterocycles. The molecule has 0 amide bonds. The molecule has 2 aromatic rings. The molecule has 0 radical (unpaired) electrons. The fraction of sp³-hybridized carbons (Fsp3) is 0.345. The van der Waals surface area contributed by atoms with E-state index in [9.17, 15) is 19.5 Å². The molecule has 6 heteroatoms. The first-order chi connectivity index (χ1) is 16.5. The van der Waals surface area contributed by atoms with Gasteiger partial charge in [0.1, 0.15) is 17.3 Å². The number of carbonyl (C=O) groups excluding carboxylic acids is 3. The largest absolute Gasteiger partial charge is 0.508 e. The Hall–Kier alpha value is -2.96. The standard InChI is InChI=1S/C15H18O.C14H18O4S/c1-5-14-8-7-13(10-15(14)6-2)9-11(3)12(4)16;1-9(8-15)14(18)19-13(10(2)16)7-11-3-5-12(17)6-4-11/h5-8,10-11H,1-2,9H2,3-4H3;3-6,9,13,15,17H,7-8H2,1-2H3. The van der Waals surface area contributed by atoms with Gasteiger partial charge >= 0.3 is 0 Å². The smallest absolute Gasteiger partial charge is 0.194 e. The molecule has 0 aliphatic carbocycles. The Morgan fingerprint density at radius 3 is 1.91 bits per heavy atom. The number of phenolic OH excluding ortho intramolecular Hbond substituents is 1. The number of aliphatic hydroxyl groups is 1. The molecule has 0 bridgehead atoms. The topological polar surface area (TPSA) is 91.7 Å². The van der Waals surface area contributed by atoms with E-state index in [0.717, 1.165) is 34.9 Å². The lowest BCUT2D eigenvalue weighted by Gasteiger charge is -2.14. The maximum Gasteiger partial charge on any atom is 0.194 e. The molecule has 35 heavy (non-hydrogen) atoms. The lowest BCUT2D eigenvalue weighted by molar-refractivity contribution is -0.120. The third-order valence-electron chi connectivity index (χ3n) is 5.57. The summed E-state index contributed by atoms with van der Waals surface area (Å²) in [7, 11) is 0. The molecule has 5 nitrogen and oxygen atoms in total. The van der Waals surface area contributed by atoms with Crippen molar-refractivity contribution in [3.05, 3.63) is 77.9 Å². The van der Waals surface area contributed by atoms with Crippen molar-refractivity contribution >= 4 is 40.6 Å². The van der Waals surface area contributed by atoms with Crippen LogP contribution in [0.5, 0.6) is 5.75 Å². The first kappa shape index (κ1) is 30.1. The maximum absolute atomic E-state index is 11.7. The van der Waals surface area contributed by atoms with Crippen molar-refractivity contribution in [2.45, 2.75) is 45.8 Å². The summed E-state index contributed by atoms with van der Waals surface area (Å²) in [6.07, 6.45) is 4.85. The van der Waals surface area contributed by atoms with Crippen LogP contribution in [0, 0.1) is 11.8 Å². The van der Waals surface area contributed by atoms with Crippen molar-refractivity contribution in [2.75, 3.05) is 6.61 Å². The quantitative estimate of drug-likeness (QED) is 0.426. The summed E-state index contributed by atoms with van der Waals surface area (Å²) in [5.74, 6) is -0.0656. The van der Waals surface area contributed by atoms with Gasteiger partial charge in [-0.3, -0.25) is 14.4 Å². The molecule has 0 saturated carbocycles. The van der Waals surface area contributed by atoms with Crippen LogP contribution in [0.3, 0.4) is 0 Å². The van der Waals surface area contributed by atoms with Gasteiger partial charge in [-0.15, -0.1) is 0 Å².